The van der Waals surface area contributed by atoms with Crippen molar-refractivity contribution in [3.8, 4) is 0 Å². The van der Waals surface area contributed by atoms with Gasteiger partial charge in [0.15, 0.2) is 0 Å². The molecule has 122 valence electrons. The van der Waals surface area contributed by atoms with E-state index in [1.807, 2.05) is 43.3 Å². The minimum absolute atomic E-state index is 0.0277. The Morgan fingerprint density at radius 3 is 2.59 bits per heavy atom. The molecule has 0 aliphatic carbocycles. The second-order valence-corrected chi connectivity index (χ2v) is 6.74. The lowest BCUT2D eigenvalue weighted by atomic mass is 9.92. The number of nitrogens with zero attached hydrogens (tertiary/aromatic N) is 2. The van der Waals surface area contributed by atoms with Crippen LogP contribution in [0.3, 0.4) is 0 Å². The molecule has 0 aromatic heterocycles. The Hall–Kier alpha value is -1.39. The summed E-state index contributed by atoms with van der Waals surface area (Å²) in [5, 5.41) is 10.7. The summed E-state index contributed by atoms with van der Waals surface area (Å²) in [7, 11) is 3.90. The molecule has 0 saturated carbocycles. The van der Waals surface area contributed by atoms with E-state index in [4.69, 9.17) is 0 Å². The van der Waals surface area contributed by atoms with Crippen LogP contribution in [0.25, 0.3) is 0 Å². The zero-order valence-electron chi connectivity index (χ0n) is 14.0. The van der Waals surface area contributed by atoms with Crippen molar-refractivity contribution >= 4 is 5.91 Å². The van der Waals surface area contributed by atoms with Crippen LogP contribution < -0.4 is 0 Å². The van der Waals surface area contributed by atoms with Crippen LogP contribution in [0.2, 0.25) is 0 Å². The van der Waals surface area contributed by atoms with E-state index in [-0.39, 0.29) is 5.91 Å². The average molecular weight is 304 g/mol. The number of benzene rings is 1. The Balaban J connectivity index is 2.05. The molecule has 0 unspecified atom stereocenters. The number of aliphatic hydroxyl groups is 1. The number of rotatable bonds is 5. The molecular formula is C18H28N2O2. The van der Waals surface area contributed by atoms with Crippen LogP contribution in [0.15, 0.2) is 24.3 Å². The van der Waals surface area contributed by atoms with Crippen LogP contribution in [0, 0.1) is 0 Å². The molecule has 0 bridgehead atoms. The first-order valence-corrected chi connectivity index (χ1v) is 8.19. The summed E-state index contributed by atoms with van der Waals surface area (Å²) in [6, 6.07) is 7.89. The predicted octanol–water partition coefficient (Wildman–Crippen LogP) is 2.17. The van der Waals surface area contributed by atoms with Crippen LogP contribution in [0.1, 0.15) is 42.1 Å². The fourth-order valence-electron chi connectivity index (χ4n) is 3.29. The van der Waals surface area contributed by atoms with Crippen molar-refractivity contribution in [2.75, 3.05) is 33.7 Å². The second kappa shape index (κ2) is 7.25. The number of β-amino-alcohol motifs (C(OH)–C–C–N with tert-alkyl or cyclic N) is 1. The number of hydrogen-bond acceptors (Lipinski definition) is 3. The number of aryl methyl sites for hydroxylation is 1. The third-order valence-electron chi connectivity index (χ3n) is 4.19. The molecule has 1 atom stereocenters. The van der Waals surface area contributed by atoms with Gasteiger partial charge in [-0.05, 0) is 51.1 Å². The highest BCUT2D eigenvalue weighted by Gasteiger charge is 2.35. The van der Waals surface area contributed by atoms with Gasteiger partial charge in [-0.15, -0.1) is 0 Å². The van der Waals surface area contributed by atoms with Crippen molar-refractivity contribution in [2.45, 2.75) is 38.2 Å². The van der Waals surface area contributed by atoms with Gasteiger partial charge < -0.3 is 14.9 Å². The lowest BCUT2D eigenvalue weighted by Gasteiger charge is -2.40. The molecule has 1 amide bonds. The molecular weight excluding hydrogens is 276 g/mol. The summed E-state index contributed by atoms with van der Waals surface area (Å²) in [5.74, 6) is 0.0277. The molecule has 1 aliphatic rings. The molecule has 1 aromatic carbocycles. The summed E-state index contributed by atoms with van der Waals surface area (Å²) in [4.78, 5) is 16.4. The zero-order chi connectivity index (χ0) is 16.2. The standard InChI is InChI=1S/C18H28N2O2/c1-4-6-15-7-9-16(10-8-15)17(21)20-12-5-11-18(22,14-20)13-19(2)3/h7-10,22H,4-6,11-14H2,1-3H3/t18-/m0/s1. The molecule has 1 aliphatic heterocycles. The summed E-state index contributed by atoms with van der Waals surface area (Å²) < 4.78 is 0. The van der Waals surface area contributed by atoms with Gasteiger partial charge in [-0.3, -0.25) is 4.79 Å². The molecule has 1 aromatic rings. The first-order chi connectivity index (χ1) is 10.4. The van der Waals surface area contributed by atoms with E-state index in [9.17, 15) is 9.90 Å². The van der Waals surface area contributed by atoms with Gasteiger partial charge >= 0.3 is 0 Å². The highest BCUT2D eigenvalue weighted by molar-refractivity contribution is 5.94. The van der Waals surface area contributed by atoms with Crippen LogP contribution in [-0.2, 0) is 6.42 Å². The number of likely N-dealkylation sites (N-methyl/N-ethyl adjacent to an activating group) is 1. The Kier molecular flexibility index (Phi) is 5.59. The van der Waals surface area contributed by atoms with E-state index < -0.39 is 5.60 Å². The summed E-state index contributed by atoms with van der Waals surface area (Å²) >= 11 is 0. The van der Waals surface area contributed by atoms with E-state index >= 15 is 0 Å². The van der Waals surface area contributed by atoms with E-state index in [2.05, 4.69) is 6.92 Å². The topological polar surface area (TPSA) is 43.8 Å². The monoisotopic (exact) mass is 304 g/mol. The van der Waals surface area contributed by atoms with Crippen LogP contribution >= 0.6 is 0 Å². The number of piperidine rings is 1. The SMILES string of the molecule is CCCc1ccc(C(=O)N2CCC[C@](O)(CN(C)C)C2)cc1. The number of carbonyl (C=O) groups excluding carboxylic acids is 1. The summed E-state index contributed by atoms with van der Waals surface area (Å²) in [6.07, 6.45) is 3.76. The first kappa shape index (κ1) is 17.0. The van der Waals surface area contributed by atoms with Gasteiger partial charge in [0.25, 0.3) is 5.91 Å². The number of amides is 1. The zero-order valence-corrected chi connectivity index (χ0v) is 14.0. The number of hydrogen-bond donors (Lipinski definition) is 1. The molecule has 1 fully saturated rings. The third kappa shape index (κ3) is 4.31. The van der Waals surface area contributed by atoms with E-state index in [1.165, 1.54) is 5.56 Å². The minimum Gasteiger partial charge on any atom is -0.387 e. The molecule has 4 heteroatoms. The van der Waals surface area contributed by atoms with Crippen molar-refractivity contribution in [1.29, 1.82) is 0 Å². The van der Waals surface area contributed by atoms with Gasteiger partial charge in [-0.1, -0.05) is 25.5 Å². The Morgan fingerprint density at radius 1 is 1.32 bits per heavy atom. The number of likely N-dealkylation sites (tertiary alicyclic amines) is 1. The molecule has 1 heterocycles. The molecule has 1 N–H and O–H groups in total. The fourth-order valence-corrected chi connectivity index (χ4v) is 3.29. The van der Waals surface area contributed by atoms with Gasteiger partial charge in [-0.2, -0.15) is 0 Å². The van der Waals surface area contributed by atoms with Gasteiger partial charge in [0.1, 0.15) is 0 Å². The average Bonchev–Trinajstić information content (AvgIpc) is 2.46. The second-order valence-electron chi connectivity index (χ2n) is 6.74. The van der Waals surface area contributed by atoms with Crippen molar-refractivity contribution in [3.05, 3.63) is 35.4 Å². The van der Waals surface area contributed by atoms with Gasteiger partial charge in [-0.25, -0.2) is 0 Å². The normalized spacial score (nSPS) is 22.1. The molecule has 1 saturated heterocycles. The number of carbonyl (C=O) groups is 1. The Morgan fingerprint density at radius 2 is 2.00 bits per heavy atom. The lowest BCUT2D eigenvalue weighted by molar-refractivity contribution is -0.0391. The van der Waals surface area contributed by atoms with Gasteiger partial charge in [0.2, 0.25) is 0 Å². The summed E-state index contributed by atoms with van der Waals surface area (Å²) in [5.41, 5.74) is 1.19. The van der Waals surface area contributed by atoms with E-state index in [0.29, 0.717) is 18.7 Å². The van der Waals surface area contributed by atoms with Crippen LogP contribution in [0.5, 0.6) is 0 Å². The van der Waals surface area contributed by atoms with Crippen LogP contribution in [-0.4, -0.2) is 60.1 Å². The highest BCUT2D eigenvalue weighted by Crippen LogP contribution is 2.23. The molecule has 0 radical (unpaired) electrons. The Labute approximate surface area is 133 Å². The predicted molar refractivity (Wildman–Crippen MR) is 89.1 cm³/mol. The van der Waals surface area contributed by atoms with Crippen molar-refractivity contribution in [2.24, 2.45) is 0 Å². The lowest BCUT2D eigenvalue weighted by Crippen LogP contribution is -2.54. The van der Waals surface area contributed by atoms with Crippen molar-refractivity contribution in [1.82, 2.24) is 9.80 Å². The van der Waals surface area contributed by atoms with Crippen molar-refractivity contribution in [3.63, 3.8) is 0 Å². The van der Waals surface area contributed by atoms with Crippen molar-refractivity contribution < 1.29 is 9.90 Å². The first-order valence-electron chi connectivity index (χ1n) is 8.19. The van der Waals surface area contributed by atoms with Gasteiger partial charge in [0, 0.05) is 18.7 Å². The molecule has 2 rings (SSSR count). The van der Waals surface area contributed by atoms with E-state index in [1.54, 1.807) is 4.90 Å². The molecule has 4 nitrogen and oxygen atoms in total. The Bertz CT molecular complexity index is 498. The molecule has 0 spiro atoms. The minimum atomic E-state index is -0.792. The third-order valence-corrected chi connectivity index (χ3v) is 4.19. The highest BCUT2D eigenvalue weighted by atomic mass is 16.3. The maximum Gasteiger partial charge on any atom is 0.253 e. The van der Waals surface area contributed by atoms with Crippen LogP contribution in [0.4, 0.5) is 0 Å². The fraction of sp³-hybridized carbons (Fsp3) is 0.611. The molecule has 22 heavy (non-hydrogen) atoms. The maximum absolute atomic E-state index is 12.6. The smallest absolute Gasteiger partial charge is 0.253 e. The largest absolute Gasteiger partial charge is 0.387 e. The maximum atomic E-state index is 12.6. The quantitative estimate of drug-likeness (QED) is 0.906. The van der Waals surface area contributed by atoms with E-state index in [0.717, 1.165) is 32.2 Å². The van der Waals surface area contributed by atoms with Gasteiger partial charge in [0.05, 0.1) is 12.1 Å². The summed E-state index contributed by atoms with van der Waals surface area (Å²) in [6.45, 7) is 3.89.